The molecule has 0 saturated heterocycles. The van der Waals surface area contributed by atoms with Crippen molar-refractivity contribution in [2.24, 2.45) is 0 Å². The molecule has 0 radical (unpaired) electrons. The molecule has 19 heavy (non-hydrogen) atoms. The van der Waals surface area contributed by atoms with Gasteiger partial charge < -0.3 is 5.32 Å². The van der Waals surface area contributed by atoms with Gasteiger partial charge in [0.1, 0.15) is 0 Å². The van der Waals surface area contributed by atoms with E-state index in [2.05, 4.69) is 55.3 Å². The zero-order valence-electron chi connectivity index (χ0n) is 12.0. The molecule has 2 aromatic rings. The summed E-state index contributed by atoms with van der Waals surface area (Å²) >= 11 is 0. The average molecular weight is 254 g/mol. The van der Waals surface area contributed by atoms with Crippen LogP contribution in [-0.2, 0) is 6.54 Å². The molecule has 2 nitrogen and oxygen atoms in total. The number of pyridine rings is 1. The van der Waals surface area contributed by atoms with Crippen molar-refractivity contribution in [2.75, 3.05) is 6.54 Å². The Morgan fingerprint density at radius 2 is 1.84 bits per heavy atom. The number of nitrogens with zero attached hydrogens (tertiary/aromatic N) is 1. The Bertz CT molecular complexity index is 547. The van der Waals surface area contributed by atoms with Crippen molar-refractivity contribution in [3.63, 3.8) is 0 Å². The molecule has 1 aromatic heterocycles. The Morgan fingerprint density at radius 1 is 1.05 bits per heavy atom. The molecule has 1 heterocycles. The Labute approximate surface area is 115 Å². The maximum Gasteiger partial charge on any atom is 0.0303 e. The highest BCUT2D eigenvalue weighted by molar-refractivity contribution is 5.70. The normalized spacial score (nSPS) is 10.7. The van der Waals surface area contributed by atoms with Gasteiger partial charge in [0.05, 0.1) is 0 Å². The Balaban J connectivity index is 2.22. The van der Waals surface area contributed by atoms with Crippen LogP contribution in [-0.4, -0.2) is 11.5 Å². The highest BCUT2D eigenvalue weighted by Gasteiger charge is 2.05. The fourth-order valence-corrected chi connectivity index (χ4v) is 2.32. The highest BCUT2D eigenvalue weighted by Crippen LogP contribution is 2.26. The van der Waals surface area contributed by atoms with Crippen LogP contribution in [0.4, 0.5) is 0 Å². The quantitative estimate of drug-likeness (QED) is 0.819. The number of hydrogen-bond donors (Lipinski definition) is 1. The molecule has 0 unspecified atom stereocenters. The molecule has 2 heteroatoms. The number of aromatic nitrogens is 1. The van der Waals surface area contributed by atoms with E-state index in [4.69, 9.17) is 0 Å². The van der Waals surface area contributed by atoms with Gasteiger partial charge in [0.15, 0.2) is 0 Å². The second-order valence-corrected chi connectivity index (χ2v) is 5.02. The summed E-state index contributed by atoms with van der Waals surface area (Å²) in [6.45, 7) is 8.50. The van der Waals surface area contributed by atoms with Gasteiger partial charge in [-0.3, -0.25) is 4.98 Å². The number of rotatable bonds is 5. The molecule has 0 aliphatic rings. The molecule has 0 spiro atoms. The van der Waals surface area contributed by atoms with Crippen LogP contribution >= 0.6 is 0 Å². The first kappa shape index (κ1) is 13.8. The third-order valence-electron chi connectivity index (χ3n) is 3.36. The monoisotopic (exact) mass is 254 g/mol. The van der Waals surface area contributed by atoms with Crippen LogP contribution in [0.15, 0.2) is 36.7 Å². The fraction of sp³-hybridized carbons (Fsp3) is 0.353. The van der Waals surface area contributed by atoms with E-state index in [9.17, 15) is 0 Å². The van der Waals surface area contributed by atoms with Gasteiger partial charge in [0.2, 0.25) is 0 Å². The predicted octanol–water partition coefficient (Wildman–Crippen LogP) is 3.87. The molecule has 0 bridgehead atoms. The first-order valence-corrected chi connectivity index (χ1v) is 6.93. The summed E-state index contributed by atoms with van der Waals surface area (Å²) < 4.78 is 0. The number of aryl methyl sites for hydroxylation is 2. The van der Waals surface area contributed by atoms with Crippen molar-refractivity contribution in [3.05, 3.63) is 53.3 Å². The summed E-state index contributed by atoms with van der Waals surface area (Å²) in [4.78, 5) is 4.16. The minimum Gasteiger partial charge on any atom is -0.313 e. The van der Waals surface area contributed by atoms with Crippen molar-refractivity contribution in [1.29, 1.82) is 0 Å². The molecule has 0 atom stereocenters. The van der Waals surface area contributed by atoms with Gasteiger partial charge in [-0.25, -0.2) is 0 Å². The zero-order valence-corrected chi connectivity index (χ0v) is 12.0. The van der Waals surface area contributed by atoms with E-state index in [1.54, 1.807) is 0 Å². The van der Waals surface area contributed by atoms with Gasteiger partial charge >= 0.3 is 0 Å². The molecule has 2 rings (SSSR count). The van der Waals surface area contributed by atoms with Gasteiger partial charge in [0, 0.05) is 18.9 Å². The highest BCUT2D eigenvalue weighted by atomic mass is 14.8. The molecular weight excluding hydrogens is 232 g/mol. The van der Waals surface area contributed by atoms with E-state index in [0.717, 1.165) is 13.1 Å². The summed E-state index contributed by atoms with van der Waals surface area (Å²) in [5, 5.41) is 3.44. The maximum absolute atomic E-state index is 4.16. The standard InChI is InChI=1S/C17H22N2/c1-4-8-18-12-15-5-6-16(13(2)10-15)17-7-9-19-11-14(17)3/h5-7,9-11,18H,4,8,12H2,1-3H3. The molecule has 0 saturated carbocycles. The second kappa shape index (κ2) is 6.48. The Morgan fingerprint density at radius 3 is 2.53 bits per heavy atom. The van der Waals surface area contributed by atoms with Gasteiger partial charge in [0.25, 0.3) is 0 Å². The first-order chi connectivity index (χ1) is 9.22. The van der Waals surface area contributed by atoms with Crippen molar-refractivity contribution in [1.82, 2.24) is 10.3 Å². The SMILES string of the molecule is CCCNCc1ccc(-c2ccncc2C)c(C)c1. The molecule has 1 N–H and O–H groups in total. The molecule has 0 aliphatic heterocycles. The van der Waals surface area contributed by atoms with E-state index < -0.39 is 0 Å². The number of benzene rings is 1. The van der Waals surface area contributed by atoms with Crippen LogP contribution in [0.25, 0.3) is 11.1 Å². The van der Waals surface area contributed by atoms with Crippen LogP contribution < -0.4 is 5.32 Å². The second-order valence-electron chi connectivity index (χ2n) is 5.02. The molecule has 100 valence electrons. The average Bonchev–Trinajstić information content (AvgIpc) is 2.40. The third-order valence-corrected chi connectivity index (χ3v) is 3.36. The lowest BCUT2D eigenvalue weighted by Gasteiger charge is -2.11. The van der Waals surface area contributed by atoms with E-state index in [1.165, 1.54) is 34.2 Å². The maximum atomic E-state index is 4.16. The van der Waals surface area contributed by atoms with Crippen LogP contribution in [0.2, 0.25) is 0 Å². The van der Waals surface area contributed by atoms with E-state index in [-0.39, 0.29) is 0 Å². The Hall–Kier alpha value is -1.67. The summed E-state index contributed by atoms with van der Waals surface area (Å²) in [5.41, 5.74) is 6.48. The summed E-state index contributed by atoms with van der Waals surface area (Å²) in [6, 6.07) is 8.80. The summed E-state index contributed by atoms with van der Waals surface area (Å²) in [7, 11) is 0. The lowest BCUT2D eigenvalue weighted by atomic mass is 9.96. The molecule has 0 amide bonds. The third kappa shape index (κ3) is 3.42. The van der Waals surface area contributed by atoms with Gasteiger partial charge in [-0.2, -0.15) is 0 Å². The van der Waals surface area contributed by atoms with Gasteiger partial charge in [-0.1, -0.05) is 25.1 Å². The van der Waals surface area contributed by atoms with E-state index >= 15 is 0 Å². The summed E-state index contributed by atoms with van der Waals surface area (Å²) in [6.07, 6.45) is 4.96. The van der Waals surface area contributed by atoms with E-state index in [1.807, 2.05) is 12.4 Å². The molecule has 0 fully saturated rings. The topological polar surface area (TPSA) is 24.9 Å². The zero-order chi connectivity index (χ0) is 13.7. The van der Waals surface area contributed by atoms with Crippen LogP contribution in [0.3, 0.4) is 0 Å². The van der Waals surface area contributed by atoms with Crippen molar-refractivity contribution < 1.29 is 0 Å². The smallest absolute Gasteiger partial charge is 0.0303 e. The van der Waals surface area contributed by atoms with E-state index in [0.29, 0.717) is 0 Å². The van der Waals surface area contributed by atoms with Crippen molar-refractivity contribution >= 4 is 0 Å². The van der Waals surface area contributed by atoms with Gasteiger partial charge in [-0.05, 0) is 60.7 Å². The molecule has 1 aromatic carbocycles. The number of hydrogen-bond acceptors (Lipinski definition) is 2. The lowest BCUT2D eigenvalue weighted by Crippen LogP contribution is -2.13. The fourth-order valence-electron chi connectivity index (χ4n) is 2.32. The molecule has 0 aliphatic carbocycles. The van der Waals surface area contributed by atoms with Crippen LogP contribution in [0, 0.1) is 13.8 Å². The number of nitrogens with one attached hydrogen (secondary N) is 1. The first-order valence-electron chi connectivity index (χ1n) is 6.93. The molecular formula is C17H22N2. The minimum absolute atomic E-state index is 0.949. The van der Waals surface area contributed by atoms with Crippen molar-refractivity contribution in [3.8, 4) is 11.1 Å². The van der Waals surface area contributed by atoms with Gasteiger partial charge in [-0.15, -0.1) is 0 Å². The van der Waals surface area contributed by atoms with Crippen LogP contribution in [0.1, 0.15) is 30.0 Å². The Kier molecular flexibility index (Phi) is 4.69. The van der Waals surface area contributed by atoms with Crippen molar-refractivity contribution in [2.45, 2.75) is 33.7 Å². The summed E-state index contributed by atoms with van der Waals surface area (Å²) in [5.74, 6) is 0. The largest absolute Gasteiger partial charge is 0.313 e. The minimum atomic E-state index is 0.949. The lowest BCUT2D eigenvalue weighted by molar-refractivity contribution is 0.675. The van der Waals surface area contributed by atoms with Crippen LogP contribution in [0.5, 0.6) is 0 Å². The predicted molar refractivity (Wildman–Crippen MR) is 81.1 cm³/mol.